The molecule has 202 valence electrons. The number of nitrogens with one attached hydrogen (secondary N) is 1. The molecule has 1 aliphatic rings. The minimum atomic E-state index is -4.22. The Labute approximate surface area is 214 Å². The van der Waals surface area contributed by atoms with Crippen molar-refractivity contribution in [1.82, 2.24) is 13.9 Å². The third-order valence-corrected chi connectivity index (χ3v) is 8.28. The highest BCUT2D eigenvalue weighted by Crippen LogP contribution is 2.44. The molecule has 37 heavy (non-hydrogen) atoms. The quantitative estimate of drug-likeness (QED) is 0.459. The highest BCUT2D eigenvalue weighted by atomic mass is 32.2. The summed E-state index contributed by atoms with van der Waals surface area (Å²) in [6, 6.07) is 9.04. The fraction of sp³-hybridized carbons (Fsp3) is 0.500. The smallest absolute Gasteiger partial charge is 0.330 e. The highest BCUT2D eigenvalue weighted by molar-refractivity contribution is 7.89. The normalized spacial score (nSPS) is 23.5. The van der Waals surface area contributed by atoms with Gasteiger partial charge in [0.15, 0.2) is 12.3 Å². The Bertz CT molecular complexity index is 1370. The van der Waals surface area contributed by atoms with Crippen LogP contribution in [0.5, 0.6) is 0 Å². The molecule has 0 spiro atoms. The first-order valence-corrected chi connectivity index (χ1v) is 13.2. The number of carbonyl (C=O) groups is 2. The number of sulfonamides is 1. The van der Waals surface area contributed by atoms with Crippen LogP contribution in [-0.4, -0.2) is 64.8 Å². The van der Waals surface area contributed by atoms with Gasteiger partial charge in [-0.2, -0.15) is 0 Å². The summed E-state index contributed by atoms with van der Waals surface area (Å²) in [6.07, 6.45) is -2.45. The minimum absolute atomic E-state index is 0.0171. The summed E-state index contributed by atoms with van der Waals surface area (Å²) in [6.45, 7) is 5.44. The topological polar surface area (TPSA) is 154 Å². The van der Waals surface area contributed by atoms with Crippen LogP contribution < -0.4 is 11.2 Å². The Morgan fingerprint density at radius 2 is 1.84 bits per heavy atom. The maximum Gasteiger partial charge on any atom is 0.330 e. The average molecular weight is 538 g/mol. The Hall–Kier alpha value is -3.29. The van der Waals surface area contributed by atoms with Crippen molar-refractivity contribution in [1.29, 1.82) is 0 Å². The molecule has 1 fully saturated rings. The van der Waals surface area contributed by atoms with E-state index >= 15 is 0 Å². The molecule has 1 saturated heterocycles. The summed E-state index contributed by atoms with van der Waals surface area (Å²) in [5.41, 5.74) is -2.13. The van der Waals surface area contributed by atoms with E-state index in [0.29, 0.717) is 4.31 Å². The molecule has 1 unspecified atom stereocenters. The Morgan fingerprint density at radius 3 is 2.41 bits per heavy atom. The van der Waals surface area contributed by atoms with Crippen LogP contribution in [0.25, 0.3) is 0 Å². The molecule has 0 saturated carbocycles. The molecular formula is C24H31N3O9S. The van der Waals surface area contributed by atoms with Gasteiger partial charge in [0, 0.05) is 32.7 Å². The Morgan fingerprint density at radius 1 is 1.19 bits per heavy atom. The lowest BCUT2D eigenvalue weighted by atomic mass is 9.94. The molecule has 0 bridgehead atoms. The molecule has 13 heteroatoms. The molecule has 12 nitrogen and oxygen atoms in total. The molecule has 4 atom stereocenters. The zero-order chi connectivity index (χ0) is 27.5. The lowest BCUT2D eigenvalue weighted by molar-refractivity contribution is -0.158. The van der Waals surface area contributed by atoms with E-state index in [1.807, 2.05) is 6.07 Å². The Kier molecular flexibility index (Phi) is 8.40. The molecule has 1 N–H and O–H groups in total. The summed E-state index contributed by atoms with van der Waals surface area (Å²) in [5.74, 6) is -2.11. The van der Waals surface area contributed by atoms with Crippen LogP contribution in [0, 0.1) is 6.92 Å². The van der Waals surface area contributed by atoms with E-state index in [9.17, 15) is 27.6 Å². The number of benzene rings is 1. The zero-order valence-corrected chi connectivity index (χ0v) is 22.1. The molecule has 2 heterocycles. The number of hydrogen-bond acceptors (Lipinski definition) is 9. The highest BCUT2D eigenvalue weighted by Gasteiger charge is 2.60. The first-order chi connectivity index (χ1) is 17.3. The van der Waals surface area contributed by atoms with Gasteiger partial charge in [-0.05, 0) is 18.9 Å². The van der Waals surface area contributed by atoms with Crippen LogP contribution in [0.1, 0.15) is 44.5 Å². The fourth-order valence-corrected chi connectivity index (χ4v) is 5.88. The number of ether oxygens (including phenoxy) is 3. The monoisotopic (exact) mass is 537 g/mol. The predicted molar refractivity (Wildman–Crippen MR) is 132 cm³/mol. The Balaban J connectivity index is 2.16. The number of aromatic nitrogens is 2. The molecule has 1 aromatic heterocycles. The van der Waals surface area contributed by atoms with E-state index in [0.717, 1.165) is 24.1 Å². The van der Waals surface area contributed by atoms with Crippen molar-refractivity contribution in [2.24, 2.45) is 0 Å². The van der Waals surface area contributed by atoms with Gasteiger partial charge in [0.05, 0.1) is 6.61 Å². The summed E-state index contributed by atoms with van der Waals surface area (Å²) >= 11 is 0. The number of H-pyrrole nitrogens is 1. The van der Waals surface area contributed by atoms with Crippen LogP contribution in [0.3, 0.4) is 0 Å². The van der Waals surface area contributed by atoms with Crippen LogP contribution in [0.2, 0.25) is 0 Å². The molecule has 1 aromatic carbocycles. The molecule has 3 rings (SSSR count). The number of hydrogen-bond donors (Lipinski definition) is 1. The van der Waals surface area contributed by atoms with Crippen LogP contribution in [-0.2, 0) is 40.4 Å². The molecule has 0 radical (unpaired) electrons. The first kappa shape index (κ1) is 28.3. The number of aryl methyl sites for hydroxylation is 1. The van der Waals surface area contributed by atoms with E-state index in [1.165, 1.54) is 20.0 Å². The van der Waals surface area contributed by atoms with E-state index < -0.39 is 62.9 Å². The van der Waals surface area contributed by atoms with Crippen molar-refractivity contribution in [3.05, 3.63) is 68.5 Å². The van der Waals surface area contributed by atoms with Crippen LogP contribution in [0.15, 0.2) is 46.1 Å². The molecule has 0 aliphatic carbocycles. The summed E-state index contributed by atoms with van der Waals surface area (Å²) in [7, 11) is -3.09. The first-order valence-electron chi connectivity index (χ1n) is 11.6. The van der Waals surface area contributed by atoms with Crippen molar-refractivity contribution >= 4 is 21.9 Å². The lowest BCUT2D eigenvalue weighted by Gasteiger charge is -2.34. The van der Waals surface area contributed by atoms with Crippen molar-refractivity contribution in [3.63, 3.8) is 0 Å². The molecule has 1 amide bonds. The standard InChI is InChI=1S/C24H31N3O9S/c1-6-24(14-37(32,33)26(5)16(3)28)20(34-13-18-10-8-7-9-11-18)19(35-17(4)29)22(36-24)27-12-15(2)21(30)25-23(27)31/h7-12,19-20,22H,6,13-14H2,1-5H3,(H,25,30,31)/t19-,20?,22+,24+/m0/s1. The fourth-order valence-electron chi connectivity index (χ4n) is 4.24. The predicted octanol–water partition coefficient (Wildman–Crippen LogP) is 0.848. The van der Waals surface area contributed by atoms with E-state index in [4.69, 9.17) is 14.2 Å². The van der Waals surface area contributed by atoms with E-state index in [2.05, 4.69) is 4.98 Å². The van der Waals surface area contributed by atoms with Gasteiger partial charge < -0.3 is 14.2 Å². The van der Waals surface area contributed by atoms with Gasteiger partial charge >= 0.3 is 11.7 Å². The zero-order valence-electron chi connectivity index (χ0n) is 21.3. The largest absolute Gasteiger partial charge is 0.455 e. The van der Waals surface area contributed by atoms with Gasteiger partial charge in [0.1, 0.15) is 17.5 Å². The third-order valence-electron chi connectivity index (χ3n) is 6.33. The maximum absolute atomic E-state index is 13.2. The van der Waals surface area contributed by atoms with Crippen molar-refractivity contribution < 1.29 is 32.2 Å². The second-order valence-electron chi connectivity index (χ2n) is 8.94. The number of nitrogens with zero attached hydrogens (tertiary/aromatic N) is 2. The maximum atomic E-state index is 13.2. The van der Waals surface area contributed by atoms with Crippen molar-refractivity contribution in [2.45, 2.75) is 64.8 Å². The van der Waals surface area contributed by atoms with Crippen molar-refractivity contribution in [3.8, 4) is 0 Å². The average Bonchev–Trinajstić information content (AvgIpc) is 3.11. The second-order valence-corrected chi connectivity index (χ2v) is 10.9. The van der Waals surface area contributed by atoms with Crippen LogP contribution in [0.4, 0.5) is 0 Å². The number of rotatable bonds is 9. The second kappa shape index (κ2) is 11.0. The molecule has 2 aromatic rings. The van der Waals surface area contributed by atoms with Gasteiger partial charge in [-0.15, -0.1) is 0 Å². The lowest BCUT2D eigenvalue weighted by Crippen LogP contribution is -2.52. The van der Waals surface area contributed by atoms with E-state index in [-0.39, 0.29) is 18.6 Å². The summed E-state index contributed by atoms with van der Waals surface area (Å²) < 4.78 is 46.1. The number of esters is 1. The SMILES string of the molecule is CC[C@]1(CS(=O)(=O)N(C)C(C)=O)O[C@@H](n2cc(C)c(=O)[nH]c2=O)[C@@H](OC(C)=O)C1OCc1ccccc1. The third kappa shape index (κ3) is 6.00. The summed E-state index contributed by atoms with van der Waals surface area (Å²) in [4.78, 5) is 50.9. The summed E-state index contributed by atoms with van der Waals surface area (Å²) in [5, 5.41) is 0. The van der Waals surface area contributed by atoms with Crippen molar-refractivity contribution in [2.75, 3.05) is 12.8 Å². The number of carbonyl (C=O) groups excluding carboxylic acids is 2. The van der Waals surface area contributed by atoms with Gasteiger partial charge in [0.2, 0.25) is 15.9 Å². The van der Waals surface area contributed by atoms with Gasteiger partial charge in [0.25, 0.3) is 5.56 Å². The van der Waals surface area contributed by atoms with Gasteiger partial charge in [-0.25, -0.2) is 17.5 Å². The van der Waals surface area contributed by atoms with Crippen LogP contribution >= 0.6 is 0 Å². The van der Waals surface area contributed by atoms with Gasteiger partial charge in [-0.3, -0.25) is 23.9 Å². The minimum Gasteiger partial charge on any atom is -0.455 e. The molecule has 1 aliphatic heterocycles. The van der Waals surface area contributed by atoms with Gasteiger partial charge in [-0.1, -0.05) is 37.3 Å². The number of aromatic amines is 1. The molecular weight excluding hydrogens is 506 g/mol. The number of amides is 1. The van der Waals surface area contributed by atoms with E-state index in [1.54, 1.807) is 31.2 Å².